The first kappa shape index (κ1) is 49.5. The molecule has 0 aromatic rings. The van der Waals surface area contributed by atoms with Gasteiger partial charge in [-0.15, -0.1) is 0 Å². The van der Waals surface area contributed by atoms with Crippen LogP contribution in [0.15, 0.2) is 48.6 Å². The number of hydrogen-bond donors (Lipinski definition) is 3. The summed E-state index contributed by atoms with van der Waals surface area (Å²) >= 11 is 0. The molecule has 0 rings (SSSR count). The van der Waals surface area contributed by atoms with Crippen LogP contribution in [-0.4, -0.2) is 73.4 Å². The van der Waals surface area contributed by atoms with Crippen LogP contribution in [0.25, 0.3) is 0 Å². The van der Waals surface area contributed by atoms with Gasteiger partial charge in [-0.2, -0.15) is 0 Å². The summed E-state index contributed by atoms with van der Waals surface area (Å²) in [5.41, 5.74) is 0. The number of aliphatic hydroxyl groups is 1. The van der Waals surface area contributed by atoms with Crippen molar-refractivity contribution in [2.75, 3.05) is 40.9 Å². The molecule has 3 unspecified atom stereocenters. The summed E-state index contributed by atoms with van der Waals surface area (Å²) in [7, 11) is 1.53. The number of phosphoric ester groups is 1. The molecule has 0 fully saturated rings. The van der Waals surface area contributed by atoms with Crippen molar-refractivity contribution >= 4 is 13.7 Å². The van der Waals surface area contributed by atoms with Crippen molar-refractivity contribution in [2.24, 2.45) is 0 Å². The van der Waals surface area contributed by atoms with Crippen LogP contribution in [-0.2, 0) is 18.4 Å². The topological polar surface area (TPSA) is 105 Å². The molecular weight excluding hydrogens is 659 g/mol. The molecule has 51 heavy (non-hydrogen) atoms. The fraction of sp³-hybridized carbons (Fsp3) is 0.786. The minimum atomic E-state index is -4.34. The number of unbranched alkanes of at least 4 members (excludes halogenated alkanes) is 17. The van der Waals surface area contributed by atoms with E-state index in [1.165, 1.54) is 89.9 Å². The second kappa shape index (κ2) is 34.2. The number of aliphatic hydroxyl groups excluding tert-OH is 1. The second-order valence-corrected chi connectivity index (χ2v) is 16.4. The Kier molecular flexibility index (Phi) is 33.2. The highest BCUT2D eigenvalue weighted by Crippen LogP contribution is 2.43. The lowest BCUT2D eigenvalue weighted by Gasteiger charge is -2.25. The average molecular weight is 740 g/mol. The lowest BCUT2D eigenvalue weighted by Crippen LogP contribution is -2.45. The molecule has 0 saturated heterocycles. The van der Waals surface area contributed by atoms with Crippen molar-refractivity contribution in [1.29, 1.82) is 0 Å². The summed E-state index contributed by atoms with van der Waals surface area (Å²) in [6, 6.07) is -0.869. The summed E-state index contributed by atoms with van der Waals surface area (Å²) in [5, 5.41) is 13.7. The number of nitrogens with one attached hydrogen (secondary N) is 1. The first-order valence-corrected chi connectivity index (χ1v) is 22.0. The van der Waals surface area contributed by atoms with E-state index >= 15 is 0 Å². The van der Waals surface area contributed by atoms with Gasteiger partial charge in [0.25, 0.3) is 0 Å². The monoisotopic (exact) mass is 740 g/mol. The summed E-state index contributed by atoms with van der Waals surface area (Å²) in [6.45, 7) is 4.70. The van der Waals surface area contributed by atoms with Crippen LogP contribution in [0.3, 0.4) is 0 Å². The van der Waals surface area contributed by atoms with Gasteiger partial charge in [0.2, 0.25) is 5.91 Å². The highest BCUT2D eigenvalue weighted by molar-refractivity contribution is 7.47. The predicted octanol–water partition coefficient (Wildman–Crippen LogP) is 10.9. The van der Waals surface area contributed by atoms with Crippen molar-refractivity contribution < 1.29 is 32.9 Å². The number of carbonyl (C=O) groups excluding carboxylic acids is 1. The van der Waals surface area contributed by atoms with Crippen LogP contribution in [0.5, 0.6) is 0 Å². The zero-order valence-electron chi connectivity index (χ0n) is 33.6. The van der Waals surface area contributed by atoms with Gasteiger partial charge in [0.15, 0.2) is 0 Å². The third-order valence-electron chi connectivity index (χ3n) is 8.75. The lowest BCUT2D eigenvalue weighted by molar-refractivity contribution is -0.870. The number of rotatable bonds is 36. The molecule has 3 atom stereocenters. The van der Waals surface area contributed by atoms with Gasteiger partial charge in [-0.25, -0.2) is 4.57 Å². The molecule has 9 heteroatoms. The molecule has 0 bridgehead atoms. The summed E-state index contributed by atoms with van der Waals surface area (Å²) < 4.78 is 23.4. The van der Waals surface area contributed by atoms with Gasteiger partial charge in [0, 0.05) is 6.42 Å². The molecule has 0 aliphatic heterocycles. The number of quaternary nitrogens is 1. The first-order valence-electron chi connectivity index (χ1n) is 20.5. The van der Waals surface area contributed by atoms with Crippen molar-refractivity contribution in [3.05, 3.63) is 48.6 Å². The van der Waals surface area contributed by atoms with Gasteiger partial charge in [0.05, 0.1) is 39.9 Å². The van der Waals surface area contributed by atoms with Crippen LogP contribution in [0.4, 0.5) is 0 Å². The number of allylic oxidation sites excluding steroid dienone is 7. The van der Waals surface area contributed by atoms with Crippen LogP contribution in [0.1, 0.15) is 162 Å². The van der Waals surface area contributed by atoms with Gasteiger partial charge < -0.3 is 19.8 Å². The van der Waals surface area contributed by atoms with E-state index in [9.17, 15) is 19.4 Å². The Morgan fingerprint density at radius 2 is 1.10 bits per heavy atom. The smallest absolute Gasteiger partial charge is 0.387 e. The first-order chi connectivity index (χ1) is 24.5. The number of amides is 1. The molecular formula is C42H80N2O6P+. The highest BCUT2D eigenvalue weighted by atomic mass is 31.2. The van der Waals surface area contributed by atoms with E-state index in [0.717, 1.165) is 51.4 Å². The molecule has 3 N–H and O–H groups in total. The van der Waals surface area contributed by atoms with E-state index in [2.05, 4.69) is 55.6 Å². The molecule has 0 saturated carbocycles. The average Bonchev–Trinajstić information content (AvgIpc) is 3.07. The zero-order chi connectivity index (χ0) is 37.9. The number of likely N-dealkylation sites (N-methyl/N-ethyl adjacent to an activating group) is 1. The Morgan fingerprint density at radius 3 is 1.63 bits per heavy atom. The predicted molar refractivity (Wildman–Crippen MR) is 217 cm³/mol. The van der Waals surface area contributed by atoms with E-state index in [4.69, 9.17) is 9.05 Å². The fourth-order valence-electron chi connectivity index (χ4n) is 5.40. The Labute approximate surface area is 314 Å². The molecule has 0 aliphatic rings. The Bertz CT molecular complexity index is 975. The number of nitrogens with zero attached hydrogens (tertiary/aromatic N) is 1. The second-order valence-electron chi connectivity index (χ2n) is 15.0. The normalized spacial score (nSPS) is 15.0. The van der Waals surface area contributed by atoms with Gasteiger partial charge in [0.1, 0.15) is 13.2 Å². The molecule has 0 spiro atoms. The Balaban J connectivity index is 4.52. The highest BCUT2D eigenvalue weighted by Gasteiger charge is 2.27. The zero-order valence-corrected chi connectivity index (χ0v) is 34.5. The van der Waals surface area contributed by atoms with E-state index in [1.807, 2.05) is 27.2 Å². The molecule has 0 heterocycles. The minimum Gasteiger partial charge on any atom is -0.387 e. The molecule has 0 aliphatic carbocycles. The molecule has 0 aromatic carbocycles. The van der Waals surface area contributed by atoms with Gasteiger partial charge in [-0.05, 0) is 64.2 Å². The standard InChI is InChI=1S/C42H79N2O6P/c1-6-8-10-12-14-16-18-20-21-22-23-24-26-28-30-32-34-36-42(46)43-40(39-50-51(47,48)49-38-37-44(3,4)5)41(45)35-33-31-29-27-25-19-17-15-13-11-9-7-2/h13,15,20-21,25,27,33,35,40-41,45H,6-12,14,16-19,22-24,26,28-32,34,36-39H2,1-5H3,(H-,43,46,47,48)/p+1/b15-13+,21-20-,27-25+,35-33+. The number of carbonyl (C=O) groups is 1. The number of phosphoric acid groups is 1. The third kappa shape index (κ3) is 36.6. The van der Waals surface area contributed by atoms with Gasteiger partial charge in [-0.3, -0.25) is 13.8 Å². The summed E-state index contributed by atoms with van der Waals surface area (Å²) in [6.07, 6.45) is 41.8. The summed E-state index contributed by atoms with van der Waals surface area (Å²) in [4.78, 5) is 23.0. The molecule has 1 amide bonds. The molecule has 0 radical (unpaired) electrons. The van der Waals surface area contributed by atoms with E-state index in [-0.39, 0.29) is 19.1 Å². The Hall–Kier alpha value is -1.54. The van der Waals surface area contributed by atoms with Crippen LogP contribution in [0.2, 0.25) is 0 Å². The van der Waals surface area contributed by atoms with Crippen LogP contribution >= 0.6 is 7.82 Å². The quantitative estimate of drug-likeness (QED) is 0.0256. The van der Waals surface area contributed by atoms with Crippen LogP contribution in [0, 0.1) is 0 Å². The maximum absolute atomic E-state index is 12.8. The maximum Gasteiger partial charge on any atom is 0.472 e. The number of hydrogen-bond acceptors (Lipinski definition) is 5. The van der Waals surface area contributed by atoms with Gasteiger partial charge >= 0.3 is 7.82 Å². The summed E-state index contributed by atoms with van der Waals surface area (Å²) in [5.74, 6) is -0.200. The Morgan fingerprint density at radius 1 is 0.647 bits per heavy atom. The largest absolute Gasteiger partial charge is 0.472 e. The molecule has 8 nitrogen and oxygen atoms in total. The van der Waals surface area contributed by atoms with Crippen molar-refractivity contribution in [2.45, 2.75) is 174 Å². The third-order valence-corrected chi connectivity index (χ3v) is 9.73. The molecule has 298 valence electrons. The SMILES string of the molecule is CCCC/C=C/CC/C=C/CC/C=C/C(O)C(COP(=O)(O)OCC[N+](C)(C)C)NC(=O)CCCCCCCCC/C=C\CCCCCCCC. The fourth-order valence-corrected chi connectivity index (χ4v) is 6.14. The van der Waals surface area contributed by atoms with E-state index in [1.54, 1.807) is 6.08 Å². The lowest BCUT2D eigenvalue weighted by atomic mass is 10.1. The van der Waals surface area contributed by atoms with Crippen molar-refractivity contribution in [1.82, 2.24) is 5.32 Å². The molecule has 0 aromatic heterocycles. The van der Waals surface area contributed by atoms with E-state index < -0.39 is 20.0 Å². The van der Waals surface area contributed by atoms with E-state index in [0.29, 0.717) is 17.4 Å². The van der Waals surface area contributed by atoms with Gasteiger partial charge in [-0.1, -0.05) is 140 Å². The van der Waals surface area contributed by atoms with Crippen molar-refractivity contribution in [3.8, 4) is 0 Å². The maximum atomic E-state index is 12.8. The minimum absolute atomic E-state index is 0.0514. The van der Waals surface area contributed by atoms with Crippen LogP contribution < -0.4 is 5.32 Å². The van der Waals surface area contributed by atoms with Crippen molar-refractivity contribution in [3.63, 3.8) is 0 Å².